The molecule has 2 aromatic carbocycles. The molecule has 0 spiro atoms. The molecule has 0 aliphatic carbocycles. The van der Waals surface area contributed by atoms with Gasteiger partial charge in [-0.2, -0.15) is 0 Å². The summed E-state index contributed by atoms with van der Waals surface area (Å²) in [5.41, 5.74) is 5.60. The van der Waals surface area contributed by atoms with Crippen LogP contribution in [-0.2, 0) is 4.79 Å². The van der Waals surface area contributed by atoms with Gasteiger partial charge in [-0.05, 0) is 80.7 Å². The van der Waals surface area contributed by atoms with Gasteiger partial charge in [-0.1, -0.05) is 24.3 Å². The molecule has 0 radical (unpaired) electrons. The number of ether oxygens (including phenoxy) is 1. The zero-order valence-corrected chi connectivity index (χ0v) is 23.3. The van der Waals surface area contributed by atoms with Gasteiger partial charge >= 0.3 is 0 Å². The number of aryl methyl sites for hydroxylation is 1. The summed E-state index contributed by atoms with van der Waals surface area (Å²) >= 11 is 5.89. The minimum Gasteiger partial charge on any atom is -0.484 e. The topological polar surface area (TPSA) is 102 Å². The van der Waals surface area contributed by atoms with Gasteiger partial charge in [-0.3, -0.25) is 14.5 Å². The third kappa shape index (κ3) is 5.27. The maximum absolute atomic E-state index is 12.5. The Morgan fingerprint density at radius 2 is 1.73 bits per heavy atom. The lowest BCUT2D eigenvalue weighted by atomic mass is 9.96. The van der Waals surface area contributed by atoms with Crippen molar-refractivity contribution in [2.75, 3.05) is 16.8 Å². The number of benzene rings is 2. The number of rotatable bonds is 8. The van der Waals surface area contributed by atoms with Gasteiger partial charge < -0.3 is 20.3 Å². The summed E-state index contributed by atoms with van der Waals surface area (Å²) in [6.07, 6.45) is 5.14. The largest absolute Gasteiger partial charge is 0.484 e. The number of carbonyl (C=O) groups is 1. The van der Waals surface area contributed by atoms with Crippen LogP contribution in [0.2, 0.25) is 0 Å². The first-order valence-corrected chi connectivity index (χ1v) is 13.5. The number of carbonyl (C=O) groups excluding carboxylic acids is 1. The summed E-state index contributed by atoms with van der Waals surface area (Å²) in [6, 6.07) is 24.6. The van der Waals surface area contributed by atoms with Crippen LogP contribution < -0.4 is 20.3 Å². The Balaban J connectivity index is 1.29. The van der Waals surface area contributed by atoms with Gasteiger partial charge in [-0.25, -0.2) is 4.68 Å². The highest BCUT2D eigenvalue weighted by Crippen LogP contribution is 2.43. The Labute approximate surface area is 242 Å². The maximum Gasteiger partial charge on any atom is 0.262 e. The fourth-order valence-corrected chi connectivity index (χ4v) is 5.59. The van der Waals surface area contributed by atoms with E-state index in [-0.39, 0.29) is 24.6 Å². The molecular formula is C30H28N8O2S. The van der Waals surface area contributed by atoms with Gasteiger partial charge in [0.2, 0.25) is 0 Å². The molecule has 3 aromatic heterocycles. The molecule has 41 heavy (non-hydrogen) atoms. The second kappa shape index (κ2) is 11.2. The van der Waals surface area contributed by atoms with Crippen LogP contribution in [0.5, 0.6) is 5.75 Å². The molecule has 1 saturated heterocycles. The number of hydrogen-bond acceptors (Lipinski definition) is 6. The van der Waals surface area contributed by atoms with Crippen molar-refractivity contribution in [3.63, 3.8) is 0 Å². The van der Waals surface area contributed by atoms with Gasteiger partial charge in [0.1, 0.15) is 18.4 Å². The highest BCUT2D eigenvalue weighted by Gasteiger charge is 2.42. The Kier molecular flexibility index (Phi) is 7.17. The third-order valence-corrected chi connectivity index (χ3v) is 7.35. The Morgan fingerprint density at radius 1 is 1.00 bits per heavy atom. The molecule has 5 aromatic rings. The standard InChI is InChI=1S/C30H28N8O2S/c1-20-16-25(21(2)38(20)36-18-32-33-19-36)29-28(26-10-6-7-15-31-26)35-30(41)37(29)23-13-11-22(12-14-23)34-27(39)17-40-24-8-4-3-5-9-24/h3-16,18-19,28-29H,17H2,1-2H3,(H,34,39)(H,35,41)/t28-,29+/m1/s1. The number of thiocarbonyl (C=S) groups is 1. The summed E-state index contributed by atoms with van der Waals surface area (Å²) in [7, 11) is 0. The molecule has 1 fully saturated rings. The first-order valence-electron chi connectivity index (χ1n) is 13.1. The van der Waals surface area contributed by atoms with E-state index in [0.717, 1.165) is 28.3 Å². The fraction of sp³-hybridized carbons (Fsp3) is 0.167. The Hall–Kier alpha value is -5.03. The number of nitrogens with one attached hydrogen (secondary N) is 2. The number of pyridine rings is 1. The van der Waals surface area contributed by atoms with E-state index in [4.69, 9.17) is 17.0 Å². The summed E-state index contributed by atoms with van der Waals surface area (Å²) in [4.78, 5) is 19.2. The molecular weight excluding hydrogens is 536 g/mol. The van der Waals surface area contributed by atoms with Crippen molar-refractivity contribution in [3.8, 4) is 5.75 Å². The molecule has 0 saturated carbocycles. The predicted octanol–water partition coefficient (Wildman–Crippen LogP) is 4.60. The number of hydrogen-bond donors (Lipinski definition) is 2. The van der Waals surface area contributed by atoms with E-state index in [1.165, 1.54) is 0 Å². The lowest BCUT2D eigenvalue weighted by Gasteiger charge is -2.28. The minimum absolute atomic E-state index is 0.0816. The first-order chi connectivity index (χ1) is 20.0. The van der Waals surface area contributed by atoms with Crippen molar-refractivity contribution < 1.29 is 9.53 Å². The van der Waals surface area contributed by atoms with Crippen LogP contribution in [0.25, 0.3) is 0 Å². The number of para-hydroxylation sites is 1. The van der Waals surface area contributed by atoms with Crippen LogP contribution in [0.15, 0.2) is 97.7 Å². The zero-order valence-electron chi connectivity index (χ0n) is 22.5. The number of aromatic nitrogens is 5. The minimum atomic E-state index is -0.241. The van der Waals surface area contributed by atoms with Crippen molar-refractivity contribution in [2.45, 2.75) is 25.9 Å². The van der Waals surface area contributed by atoms with E-state index < -0.39 is 0 Å². The van der Waals surface area contributed by atoms with Crippen LogP contribution in [-0.4, -0.2) is 42.2 Å². The molecule has 11 heteroatoms. The zero-order chi connectivity index (χ0) is 28.3. The van der Waals surface area contributed by atoms with E-state index in [9.17, 15) is 4.79 Å². The number of anilines is 2. The second-order valence-corrected chi connectivity index (χ2v) is 10.1. The highest BCUT2D eigenvalue weighted by atomic mass is 32.1. The van der Waals surface area contributed by atoms with Crippen molar-refractivity contribution in [2.24, 2.45) is 0 Å². The summed E-state index contributed by atoms with van der Waals surface area (Å²) in [5, 5.41) is 15.0. The molecule has 1 amide bonds. The van der Waals surface area contributed by atoms with Crippen LogP contribution >= 0.6 is 12.2 Å². The molecule has 0 unspecified atom stereocenters. The smallest absolute Gasteiger partial charge is 0.262 e. The summed E-state index contributed by atoms with van der Waals surface area (Å²) < 4.78 is 9.49. The second-order valence-electron chi connectivity index (χ2n) is 9.67. The van der Waals surface area contributed by atoms with Crippen LogP contribution in [0, 0.1) is 13.8 Å². The maximum atomic E-state index is 12.5. The fourth-order valence-electron chi connectivity index (χ4n) is 5.25. The molecule has 1 aliphatic heterocycles. The van der Waals surface area contributed by atoms with Crippen molar-refractivity contribution in [3.05, 3.63) is 120 Å². The third-order valence-electron chi connectivity index (χ3n) is 7.03. The molecule has 2 N–H and O–H groups in total. The quantitative estimate of drug-likeness (QED) is 0.264. The monoisotopic (exact) mass is 564 g/mol. The van der Waals surface area contributed by atoms with E-state index in [1.807, 2.05) is 77.5 Å². The van der Waals surface area contributed by atoms with Gasteiger partial charge in [0.05, 0.1) is 17.8 Å². The normalized spacial score (nSPS) is 16.4. The van der Waals surface area contributed by atoms with Crippen LogP contribution in [0.3, 0.4) is 0 Å². The van der Waals surface area contributed by atoms with Crippen molar-refractivity contribution in [1.82, 2.24) is 29.9 Å². The molecule has 2 atom stereocenters. The van der Waals surface area contributed by atoms with Crippen molar-refractivity contribution in [1.29, 1.82) is 0 Å². The SMILES string of the molecule is Cc1cc([C@H]2[C@@H](c3ccccn3)NC(=S)N2c2ccc(NC(=O)COc3ccccc3)cc2)c(C)n1-n1cnnc1. The summed E-state index contributed by atoms with van der Waals surface area (Å²) in [5.74, 6) is 0.402. The van der Waals surface area contributed by atoms with E-state index >= 15 is 0 Å². The molecule has 4 heterocycles. The van der Waals surface area contributed by atoms with Crippen LogP contribution in [0.4, 0.5) is 11.4 Å². The van der Waals surface area contributed by atoms with Gasteiger partial charge in [0.15, 0.2) is 11.7 Å². The first kappa shape index (κ1) is 26.2. The van der Waals surface area contributed by atoms with E-state index in [2.05, 4.69) is 55.3 Å². The predicted molar refractivity (Wildman–Crippen MR) is 160 cm³/mol. The summed E-state index contributed by atoms with van der Waals surface area (Å²) in [6.45, 7) is 4.05. The number of nitrogens with zero attached hydrogens (tertiary/aromatic N) is 6. The van der Waals surface area contributed by atoms with Crippen LogP contribution in [0.1, 0.15) is 34.7 Å². The molecule has 10 nitrogen and oxygen atoms in total. The molecule has 0 bridgehead atoms. The number of amides is 1. The van der Waals surface area contributed by atoms with E-state index in [1.54, 1.807) is 18.9 Å². The lowest BCUT2D eigenvalue weighted by molar-refractivity contribution is -0.118. The van der Waals surface area contributed by atoms with E-state index in [0.29, 0.717) is 16.5 Å². The lowest BCUT2D eigenvalue weighted by Crippen LogP contribution is -2.29. The Bertz CT molecular complexity index is 1650. The average Bonchev–Trinajstić information content (AvgIpc) is 3.71. The average molecular weight is 565 g/mol. The van der Waals surface area contributed by atoms with Gasteiger partial charge in [-0.15, -0.1) is 10.2 Å². The molecule has 6 rings (SSSR count). The molecule has 206 valence electrons. The Morgan fingerprint density at radius 3 is 2.44 bits per heavy atom. The highest BCUT2D eigenvalue weighted by molar-refractivity contribution is 7.80. The molecule has 1 aliphatic rings. The van der Waals surface area contributed by atoms with Gasteiger partial charge in [0.25, 0.3) is 5.91 Å². The van der Waals surface area contributed by atoms with Crippen molar-refractivity contribution >= 4 is 34.6 Å². The van der Waals surface area contributed by atoms with Gasteiger partial charge in [0, 0.05) is 34.5 Å².